The van der Waals surface area contributed by atoms with Gasteiger partial charge in [0, 0.05) is 93.0 Å². The van der Waals surface area contributed by atoms with Crippen LogP contribution in [0, 0.1) is 16.2 Å². The lowest BCUT2D eigenvalue weighted by Crippen LogP contribution is -2.65. The van der Waals surface area contributed by atoms with Crippen LogP contribution in [0.2, 0.25) is 0 Å². The van der Waals surface area contributed by atoms with Crippen molar-refractivity contribution in [2.45, 2.75) is 153 Å². The van der Waals surface area contributed by atoms with Gasteiger partial charge >= 0.3 is 18.0 Å². The summed E-state index contributed by atoms with van der Waals surface area (Å²) in [5, 5.41) is 65.5. The first kappa shape index (κ1) is 78.5. The number of aryl methyl sites for hydroxylation is 1. The largest absolute Gasteiger partial charge is 0.479 e. The van der Waals surface area contributed by atoms with Crippen LogP contribution in [0.4, 0.5) is 9.93 Å². The van der Waals surface area contributed by atoms with Crippen molar-refractivity contribution in [1.82, 2.24) is 35.7 Å². The number of ether oxygens (including phenoxy) is 4. The van der Waals surface area contributed by atoms with Crippen LogP contribution >= 0.6 is 11.3 Å². The van der Waals surface area contributed by atoms with Gasteiger partial charge in [-0.3, -0.25) is 43.7 Å². The molecule has 0 radical (unpaired) electrons. The van der Waals surface area contributed by atoms with E-state index in [-0.39, 0.29) is 92.1 Å². The Labute approximate surface area is 621 Å². The molecule has 107 heavy (non-hydrogen) atoms. The normalized spacial score (nSPS) is 24.3. The molecular formula is C76H89N9O20S2. The topological polar surface area (TPSA) is 422 Å². The van der Waals surface area contributed by atoms with Crippen LogP contribution in [0.25, 0.3) is 37.8 Å². The number of aromatic carboxylic acids is 1. The molecule has 570 valence electrons. The zero-order chi connectivity index (χ0) is 76.8. The van der Waals surface area contributed by atoms with Crippen LogP contribution in [0.5, 0.6) is 5.75 Å². The number of anilines is 1. The van der Waals surface area contributed by atoms with Gasteiger partial charge in [0.05, 0.1) is 28.1 Å². The van der Waals surface area contributed by atoms with Crippen molar-refractivity contribution in [3.05, 3.63) is 137 Å². The Balaban J connectivity index is 0.713. The number of rotatable bonds is 33. The number of hydrogen-bond donors (Lipinski definition) is 10. The van der Waals surface area contributed by atoms with Crippen LogP contribution < -0.4 is 26.0 Å². The highest BCUT2D eigenvalue weighted by molar-refractivity contribution is 7.85. The number of benzene rings is 4. The number of thiazole rings is 1. The van der Waals surface area contributed by atoms with E-state index < -0.39 is 99.9 Å². The molecule has 4 bridgehead atoms. The molecule has 12 rings (SSSR count). The van der Waals surface area contributed by atoms with Crippen LogP contribution in [-0.4, -0.2) is 207 Å². The van der Waals surface area contributed by atoms with Gasteiger partial charge in [0.25, 0.3) is 27.8 Å². The number of hydrogen-bond acceptors (Lipinski definition) is 22. The highest BCUT2D eigenvalue weighted by Gasteiger charge is 2.66. The van der Waals surface area contributed by atoms with E-state index in [0.29, 0.717) is 81.1 Å². The van der Waals surface area contributed by atoms with E-state index in [4.69, 9.17) is 23.9 Å². The van der Waals surface area contributed by atoms with Gasteiger partial charge in [-0.2, -0.15) is 8.42 Å². The lowest BCUT2D eigenvalue weighted by molar-refractivity contribution is -0.271. The molecule has 4 aliphatic carbocycles. The number of nitrogens with zero attached hydrogens (tertiary/aromatic N) is 5. The van der Waals surface area contributed by atoms with Crippen LogP contribution in [-0.2, 0) is 61.3 Å². The molecule has 4 saturated carbocycles. The average Bonchev–Trinajstić information content (AvgIpc) is 1.10. The molecule has 31 heteroatoms. The summed E-state index contributed by atoms with van der Waals surface area (Å²) in [6.45, 7) is 7.31. The summed E-state index contributed by atoms with van der Waals surface area (Å²) in [5.41, 5.74) is 3.79. The summed E-state index contributed by atoms with van der Waals surface area (Å²) in [4.78, 5) is 119. The van der Waals surface area contributed by atoms with E-state index in [9.17, 15) is 76.9 Å². The molecule has 4 aromatic carbocycles. The third kappa shape index (κ3) is 18.9. The van der Waals surface area contributed by atoms with E-state index in [2.05, 4.69) is 45.1 Å². The van der Waals surface area contributed by atoms with Gasteiger partial charge < -0.3 is 65.3 Å². The first-order valence-electron chi connectivity index (χ1n) is 35.4. The average molecular weight is 1510 g/mol. The zero-order valence-corrected chi connectivity index (χ0v) is 61.6. The van der Waals surface area contributed by atoms with Gasteiger partial charge in [-0.25, -0.2) is 24.4 Å². The van der Waals surface area contributed by atoms with Crippen molar-refractivity contribution in [3.63, 3.8) is 0 Å². The predicted octanol–water partition coefficient (Wildman–Crippen LogP) is 7.46. The van der Waals surface area contributed by atoms with Gasteiger partial charge in [-0.05, 0) is 164 Å². The molecule has 29 nitrogen and oxygen atoms in total. The number of nitrogens with one attached hydrogen (secondary N) is 4. The van der Waals surface area contributed by atoms with Crippen molar-refractivity contribution in [2.24, 2.45) is 21.2 Å². The number of aliphatic imine (C=N–C) groups is 1. The van der Waals surface area contributed by atoms with Gasteiger partial charge in [-0.15, -0.1) is 0 Å². The van der Waals surface area contributed by atoms with E-state index >= 15 is 0 Å². The monoisotopic (exact) mass is 1510 g/mol. The summed E-state index contributed by atoms with van der Waals surface area (Å²) in [5.74, 6) is -6.69. The number of carbonyl (C=O) groups excluding carboxylic acids is 6. The Kier molecular flexibility index (Phi) is 24.1. The summed E-state index contributed by atoms with van der Waals surface area (Å²) in [6, 6.07) is 25.0. The highest BCUT2D eigenvalue weighted by atomic mass is 32.2. The number of carbonyl (C=O) groups is 8. The fourth-order valence-corrected chi connectivity index (χ4v) is 18.2. The number of allylic oxidation sites excluding steroid dienone is 2. The Morgan fingerprint density at radius 2 is 1.56 bits per heavy atom. The molecule has 1 saturated heterocycles. The number of carboxylic acid groups (broad SMARTS) is 2. The molecule has 2 aromatic heterocycles. The van der Waals surface area contributed by atoms with Crippen LogP contribution in [0.1, 0.15) is 135 Å². The maximum absolute atomic E-state index is 13.9. The number of aliphatic hydroxyl groups is 3. The van der Waals surface area contributed by atoms with Crippen molar-refractivity contribution < 1.29 is 95.8 Å². The second kappa shape index (κ2) is 32.9. The Morgan fingerprint density at radius 3 is 2.27 bits per heavy atom. The molecule has 8 atom stereocenters. The second-order valence-electron chi connectivity index (χ2n) is 29.4. The number of para-hydroxylation sites is 1. The second-order valence-corrected chi connectivity index (χ2v) is 31.9. The van der Waals surface area contributed by atoms with E-state index in [0.717, 1.165) is 71.2 Å². The quantitative estimate of drug-likeness (QED) is 0.00827. The third-order valence-corrected chi connectivity index (χ3v) is 22.2. The zero-order valence-electron chi connectivity index (χ0n) is 59.9. The molecule has 2 unspecified atom stereocenters. The lowest BCUT2D eigenvalue weighted by Gasteiger charge is -2.69. The number of likely N-dealkylation sites (N-methyl/N-ethyl adjacent to an activating group) is 1. The van der Waals surface area contributed by atoms with E-state index in [1.165, 1.54) is 28.4 Å². The predicted molar refractivity (Wildman–Crippen MR) is 395 cm³/mol. The molecule has 6 aromatic rings. The van der Waals surface area contributed by atoms with E-state index in [1.54, 1.807) is 44.6 Å². The molecular weight excluding hydrogens is 1420 g/mol. The van der Waals surface area contributed by atoms with Gasteiger partial charge in [0.1, 0.15) is 42.5 Å². The maximum Gasteiger partial charge on any atom is 0.409 e. The van der Waals surface area contributed by atoms with E-state index in [1.807, 2.05) is 61.5 Å². The summed E-state index contributed by atoms with van der Waals surface area (Å²) < 4.78 is 58.6. The minimum atomic E-state index is -4.75. The Morgan fingerprint density at radius 1 is 0.813 bits per heavy atom. The standard InChI is InChI=1S/C76H89N9O20S2/c1-44(53(34-77-4)50-24-25-54(81-61(50)68(94)95)47-21-20-45-15-13-16-51(52(45)33-47)66(92)83-71-82-55-17-8-9-18-57(55)106-71)79-43-75-38-73(2)37-74(3,39-75)41-76(40-73,42-75)103-31-30-84(5)72(98)102-35-48-22-23-49(104-70-64(91)62(89)63(90)65(105-70)69(96)97)32-46(48)14-10-11-28-78-67(93)56(36-107(99,100)101)80-58(86)19-7-6-12-29-85-59(87)26-27-60(85)88/h8-9,13,15-18,20-27,32-34,56,62-65,70,79,89-91H,6-7,10-12,14,19,28-31,35-43H2,1-5H3,(H,78,93)(H,80,86)(H,94,95)(H,96,97)(H,82,83,92)(H,99,100,101)/b53-44+,77-34-/t56-,62-,63-,64+,65-,70+,73?,74?,75?,76?/m0/s1. The third-order valence-electron chi connectivity index (χ3n) is 20.5. The molecule has 5 fully saturated rings. The first-order valence-corrected chi connectivity index (χ1v) is 37.9. The fourth-order valence-electron chi connectivity index (χ4n) is 16.7. The molecule has 2 aliphatic heterocycles. The molecule has 10 N–H and O–H groups in total. The number of aliphatic carboxylic acids is 1. The number of imide groups is 1. The number of carboxylic acids is 2. The number of amides is 6. The molecule has 4 heterocycles. The number of unbranched alkanes of at least 4 members (excludes halogenated alkanes) is 3. The molecule has 6 amide bonds. The fraction of sp³-hybridized carbons (Fsp3) is 0.461. The summed E-state index contributed by atoms with van der Waals surface area (Å²) in [7, 11) is -1.54. The highest BCUT2D eigenvalue weighted by Crippen LogP contribution is 2.71. The van der Waals surface area contributed by atoms with Crippen LogP contribution in [0.3, 0.4) is 0 Å². The van der Waals surface area contributed by atoms with Crippen LogP contribution in [0.15, 0.2) is 114 Å². The van der Waals surface area contributed by atoms with Gasteiger partial charge in [-0.1, -0.05) is 74.1 Å². The lowest BCUT2D eigenvalue weighted by atomic mass is 9.39. The number of fused-ring (bicyclic) bond motifs is 2. The Hall–Kier alpha value is -9.60. The SMILES string of the molecule is C/N=C\C(=C(\C)NCC12CC3(C)CC(C)(C1)CC(OCCN(C)C(=O)OCc1ccc(O[C@@H]4O[C@H](C(=O)O)[C@@H](O)[C@H](O)[C@H]4O)cc1CCCCNC(=O)[C@H](CS(=O)(=O)O)NC(=O)CCCCCN1C(=O)C=CC1=O)(C3)C2)c1ccc(-c2ccc3cccc(C(=O)Nc4nc5ccccc5s4)c3c2)nc1C(=O)O. The Bertz CT molecular complexity index is 4570. The van der Waals surface area contributed by atoms with Gasteiger partial charge in [0.15, 0.2) is 16.9 Å². The number of pyridine rings is 1. The minimum absolute atomic E-state index is 0.0298. The van der Waals surface area contributed by atoms with Gasteiger partial charge in [0.2, 0.25) is 18.1 Å². The van der Waals surface area contributed by atoms with Crippen molar-refractivity contribution in [3.8, 4) is 17.0 Å². The van der Waals surface area contributed by atoms with Crippen molar-refractivity contribution >= 4 is 107 Å². The van der Waals surface area contributed by atoms with Crippen molar-refractivity contribution in [2.75, 3.05) is 58.0 Å². The number of aliphatic hydroxyl groups excluding tert-OH is 3. The molecule has 0 spiro atoms. The maximum atomic E-state index is 13.9. The minimum Gasteiger partial charge on any atom is -0.479 e. The summed E-state index contributed by atoms with van der Waals surface area (Å²) >= 11 is 1.38. The summed E-state index contributed by atoms with van der Waals surface area (Å²) in [6.07, 6.45) is 0.858. The molecule has 6 aliphatic rings. The van der Waals surface area contributed by atoms with Crippen molar-refractivity contribution in [1.29, 1.82) is 0 Å². The number of aromatic nitrogens is 2. The first-order chi connectivity index (χ1) is 50.8. The smallest absolute Gasteiger partial charge is 0.409 e.